The van der Waals surface area contributed by atoms with E-state index >= 15 is 0 Å². The van der Waals surface area contributed by atoms with Gasteiger partial charge < -0.3 is 4.74 Å². The molecule has 50 heavy (non-hydrogen) atoms. The molecule has 252 valence electrons. The van der Waals surface area contributed by atoms with Crippen LogP contribution in [0.5, 0.6) is 11.5 Å². The molecule has 1 aliphatic heterocycles. The van der Waals surface area contributed by atoms with E-state index in [0.717, 1.165) is 44.1 Å². The summed E-state index contributed by atoms with van der Waals surface area (Å²) in [5.74, 6) is 1.22. The Morgan fingerprint density at radius 3 is 1.42 bits per heavy atom. The van der Waals surface area contributed by atoms with Gasteiger partial charge in [0.25, 0.3) is 10.1 Å². The van der Waals surface area contributed by atoms with E-state index in [-0.39, 0.29) is 4.90 Å². The van der Waals surface area contributed by atoms with Crippen molar-refractivity contribution in [3.05, 3.63) is 157 Å². The highest BCUT2D eigenvalue weighted by atomic mass is 32.2. The Labute approximate surface area is 298 Å². The number of benzene rings is 6. The second kappa shape index (κ2) is 14.4. The second-order valence-corrected chi connectivity index (χ2v) is 18.6. The van der Waals surface area contributed by atoms with Gasteiger partial charge in [-0.15, -0.1) is 4.33 Å². The number of rotatable bonds is 10. The molecule has 0 saturated heterocycles. The van der Waals surface area contributed by atoms with Gasteiger partial charge in [0.05, 0.1) is 16.9 Å². The fraction of sp³-hybridized carbons (Fsp3) is 0.0769. The molecule has 0 fully saturated rings. The zero-order chi connectivity index (χ0) is 34.9. The average Bonchev–Trinajstić information content (AvgIpc) is 3.13. The highest BCUT2D eigenvalue weighted by Gasteiger charge is 2.41. The first-order valence-electron chi connectivity index (χ1n) is 15.6. The van der Waals surface area contributed by atoms with E-state index in [9.17, 15) is 13.0 Å². The summed E-state index contributed by atoms with van der Waals surface area (Å²) < 4.78 is 48.4. The molecule has 0 spiro atoms. The third-order valence-corrected chi connectivity index (χ3v) is 14.9. The Balaban J connectivity index is 1.55. The van der Waals surface area contributed by atoms with Crippen molar-refractivity contribution in [2.75, 3.05) is 0 Å². The van der Waals surface area contributed by atoms with Crippen molar-refractivity contribution in [3.63, 3.8) is 0 Å². The van der Waals surface area contributed by atoms with Crippen LogP contribution in [-0.2, 0) is 24.9 Å². The van der Waals surface area contributed by atoms with Gasteiger partial charge in [-0.3, -0.25) is 4.55 Å². The highest BCUT2D eigenvalue weighted by molar-refractivity contribution is 7.94. The van der Waals surface area contributed by atoms with Gasteiger partial charge >= 0.3 is 0 Å². The number of ether oxygens (including phenoxy) is 1. The maximum atomic E-state index is 12.9. The lowest BCUT2D eigenvalue weighted by Crippen LogP contribution is -2.33. The normalized spacial score (nSPS) is 13.5. The fourth-order valence-corrected chi connectivity index (χ4v) is 12.3. The highest BCUT2D eigenvalue weighted by Crippen LogP contribution is 2.53. The maximum Gasteiger partial charge on any atom is 0.294 e. The first kappa shape index (κ1) is 34.6. The molecule has 7 rings (SSSR count). The van der Waals surface area contributed by atoms with Crippen molar-refractivity contribution in [1.29, 1.82) is 0 Å². The van der Waals surface area contributed by atoms with Gasteiger partial charge in [0.2, 0.25) is 0 Å². The number of hydrogen-bond donors (Lipinski definition) is 2. The lowest BCUT2D eigenvalue weighted by molar-refractivity contribution is -0.432. The third kappa shape index (κ3) is 6.76. The summed E-state index contributed by atoms with van der Waals surface area (Å²) >= 11 is 0.857. The predicted octanol–water partition coefficient (Wildman–Crippen LogP) is 7.31. The Kier molecular flexibility index (Phi) is 9.95. The minimum Gasteiger partial charge on any atom is -0.455 e. The lowest BCUT2D eigenvalue weighted by Gasteiger charge is -2.39. The van der Waals surface area contributed by atoms with Crippen LogP contribution in [0, 0.1) is 0 Å². The van der Waals surface area contributed by atoms with E-state index in [0.29, 0.717) is 27.3 Å². The van der Waals surface area contributed by atoms with Gasteiger partial charge in [0, 0.05) is 32.0 Å². The predicted molar refractivity (Wildman–Crippen MR) is 203 cm³/mol. The van der Waals surface area contributed by atoms with Crippen molar-refractivity contribution in [1.82, 2.24) is 0 Å². The summed E-state index contributed by atoms with van der Waals surface area (Å²) in [4.78, 5) is 0.443. The van der Waals surface area contributed by atoms with E-state index in [2.05, 4.69) is 29.3 Å². The Morgan fingerprint density at radius 2 is 1.02 bits per heavy atom. The Bertz CT molecular complexity index is 2160. The smallest absolute Gasteiger partial charge is 0.294 e. The molecule has 0 saturated carbocycles. The zero-order valence-electron chi connectivity index (χ0n) is 27.0. The van der Waals surface area contributed by atoms with Crippen LogP contribution in [0.4, 0.5) is 0 Å². The van der Waals surface area contributed by atoms with Crippen LogP contribution >= 0.6 is 27.9 Å². The summed E-state index contributed by atoms with van der Waals surface area (Å²) in [7, 11) is -7.14. The van der Waals surface area contributed by atoms with Gasteiger partial charge in [0.1, 0.15) is 11.5 Å². The van der Waals surface area contributed by atoms with Crippen molar-refractivity contribution in [3.8, 4) is 11.5 Å². The number of fused-ring (bicyclic) bond motifs is 2. The SMILES string of the molecule is CC1(C)c2cc(SOOO)cc(P(c3ccccc3)c3ccccc3)c2Oc2c(P(c3ccccc3)c3ccccc3)cc(S(=O)(=O)O)cc21. The zero-order valence-corrected chi connectivity index (χ0v) is 30.4. The first-order chi connectivity index (χ1) is 24.2. The van der Waals surface area contributed by atoms with Crippen molar-refractivity contribution < 1.29 is 32.3 Å². The van der Waals surface area contributed by atoms with Crippen LogP contribution in [0.25, 0.3) is 0 Å². The minimum absolute atomic E-state index is 0.204. The molecule has 7 nitrogen and oxygen atoms in total. The molecule has 1 heterocycles. The molecule has 6 aromatic rings. The Morgan fingerprint density at radius 1 is 0.620 bits per heavy atom. The summed E-state index contributed by atoms with van der Waals surface area (Å²) in [6, 6.07) is 47.4. The largest absolute Gasteiger partial charge is 0.455 e. The van der Waals surface area contributed by atoms with E-state index in [1.54, 1.807) is 6.07 Å². The molecule has 0 atom stereocenters. The fourth-order valence-electron chi connectivity index (χ4n) is 6.31. The van der Waals surface area contributed by atoms with E-state index < -0.39 is 31.4 Å². The monoisotopic (exact) mass is 738 g/mol. The molecule has 6 aromatic carbocycles. The van der Waals surface area contributed by atoms with Crippen LogP contribution in [-0.4, -0.2) is 18.2 Å². The van der Waals surface area contributed by atoms with E-state index in [1.165, 1.54) is 6.07 Å². The lowest BCUT2D eigenvalue weighted by atomic mass is 9.76. The van der Waals surface area contributed by atoms with Crippen LogP contribution in [0.15, 0.2) is 155 Å². The Hall–Kier alpha value is -3.88. The summed E-state index contributed by atoms with van der Waals surface area (Å²) in [5.41, 5.74) is 0.575. The molecule has 0 amide bonds. The number of hydrogen-bond acceptors (Lipinski definition) is 7. The van der Waals surface area contributed by atoms with E-state index in [1.807, 2.05) is 123 Å². The topological polar surface area (TPSA) is 102 Å². The average molecular weight is 739 g/mol. The summed E-state index contributed by atoms with van der Waals surface area (Å²) in [6.45, 7) is 4.04. The summed E-state index contributed by atoms with van der Waals surface area (Å²) in [6.07, 6.45) is 0. The molecule has 0 bridgehead atoms. The molecular weight excluding hydrogens is 707 g/mol. The molecule has 0 radical (unpaired) electrons. The van der Waals surface area contributed by atoms with Crippen molar-refractivity contribution in [2.24, 2.45) is 0 Å². The van der Waals surface area contributed by atoms with Gasteiger partial charge in [-0.1, -0.05) is 140 Å². The van der Waals surface area contributed by atoms with Gasteiger partial charge in [-0.05, 0) is 61.3 Å². The standard InChI is InChI=1S/C39H32O7P2S2/c1-39(2)33-23-31(49-46-45-40)24-35(47(27-15-7-3-8-16-27)28-17-9-4-10-18-28)37(33)44-38-34(39)25-32(50(41,42)43)26-36(38)48(29-19-11-5-12-20-29)30-21-13-6-14-22-30/h3-26,40H,1-2H3,(H,41,42,43). The molecular formula is C39H32O7P2S2. The first-order valence-corrected chi connectivity index (χ1v) is 20.5. The van der Waals surface area contributed by atoms with Crippen molar-refractivity contribution >= 4 is 69.8 Å². The maximum absolute atomic E-state index is 12.9. The summed E-state index contributed by atoms with van der Waals surface area (Å²) in [5, 5.41) is 18.8. The molecule has 1 aliphatic rings. The quantitative estimate of drug-likeness (QED) is 0.0497. The molecule has 0 aliphatic carbocycles. The molecule has 0 unspecified atom stereocenters. The second-order valence-electron chi connectivity index (χ2n) is 12.1. The van der Waals surface area contributed by atoms with Crippen LogP contribution in [0.3, 0.4) is 0 Å². The molecule has 0 aromatic heterocycles. The van der Waals surface area contributed by atoms with Gasteiger partial charge in [-0.25, -0.2) is 5.26 Å². The van der Waals surface area contributed by atoms with Crippen molar-refractivity contribution in [2.45, 2.75) is 29.1 Å². The van der Waals surface area contributed by atoms with Gasteiger partial charge in [-0.2, -0.15) is 8.42 Å². The van der Waals surface area contributed by atoms with Crippen LogP contribution in [0.2, 0.25) is 0 Å². The molecule has 11 heteroatoms. The van der Waals surface area contributed by atoms with Crippen LogP contribution in [0.1, 0.15) is 25.0 Å². The molecule has 2 N–H and O–H groups in total. The third-order valence-electron chi connectivity index (χ3n) is 8.63. The minimum atomic E-state index is -4.61. The van der Waals surface area contributed by atoms with E-state index in [4.69, 9.17) is 14.3 Å². The van der Waals surface area contributed by atoms with Crippen LogP contribution < -0.4 is 36.6 Å². The van der Waals surface area contributed by atoms with Gasteiger partial charge in [0.15, 0.2) is 0 Å².